The van der Waals surface area contributed by atoms with Gasteiger partial charge >= 0.3 is 0 Å². The summed E-state index contributed by atoms with van der Waals surface area (Å²) >= 11 is 0. The summed E-state index contributed by atoms with van der Waals surface area (Å²) in [6.07, 6.45) is 0. The van der Waals surface area contributed by atoms with E-state index in [1.807, 2.05) is 36.2 Å². The van der Waals surface area contributed by atoms with Gasteiger partial charge in [0.15, 0.2) is 0 Å². The van der Waals surface area contributed by atoms with Crippen LogP contribution in [0.15, 0.2) is 24.3 Å². The zero-order chi connectivity index (χ0) is 12.4. The largest absolute Gasteiger partial charge is 0.497 e. The maximum Gasteiger partial charge on any atom is 0.150 e. The fraction of sp³-hybridized carbons (Fsp3) is 0.462. The molecule has 1 aliphatic rings. The topological polar surface area (TPSA) is 41.3 Å². The summed E-state index contributed by atoms with van der Waals surface area (Å²) in [5.41, 5.74) is 4.35. The minimum absolute atomic E-state index is 0.0247. The summed E-state index contributed by atoms with van der Waals surface area (Å²) in [5.74, 6) is 1.04. The van der Waals surface area contributed by atoms with Gasteiger partial charge in [0, 0.05) is 6.54 Å². The van der Waals surface area contributed by atoms with Crippen molar-refractivity contribution in [2.75, 3.05) is 13.7 Å². The van der Waals surface area contributed by atoms with E-state index in [1.165, 1.54) is 0 Å². The van der Waals surface area contributed by atoms with Crippen LogP contribution < -0.4 is 10.2 Å². The van der Waals surface area contributed by atoms with E-state index in [-0.39, 0.29) is 17.9 Å². The van der Waals surface area contributed by atoms with E-state index in [4.69, 9.17) is 4.74 Å². The Balaban J connectivity index is 2.13. The number of Topliss-reactive ketones (excluding diaryl/α,β-unsaturated/α-hetero) is 1. The molecule has 17 heavy (non-hydrogen) atoms. The third kappa shape index (κ3) is 2.33. The number of rotatable bonds is 5. The molecule has 1 saturated heterocycles. The van der Waals surface area contributed by atoms with Gasteiger partial charge in [0.2, 0.25) is 0 Å². The van der Waals surface area contributed by atoms with Crippen LogP contribution in [0.2, 0.25) is 0 Å². The van der Waals surface area contributed by atoms with E-state index in [2.05, 4.69) is 5.43 Å². The zero-order valence-electron chi connectivity index (χ0n) is 10.4. The maximum atomic E-state index is 11.5. The molecular formula is C13H18N2O2. The fourth-order valence-corrected chi connectivity index (χ4v) is 2.17. The van der Waals surface area contributed by atoms with Gasteiger partial charge in [-0.25, -0.2) is 5.01 Å². The normalized spacial score (nSPS) is 26.6. The minimum Gasteiger partial charge on any atom is -0.497 e. The van der Waals surface area contributed by atoms with E-state index in [1.54, 1.807) is 14.0 Å². The number of nitrogens with one attached hydrogen (secondary N) is 1. The van der Waals surface area contributed by atoms with Gasteiger partial charge in [0.25, 0.3) is 0 Å². The SMILES string of the molecule is CCNN1[C@H](C(C)=O)[C@H]1c1ccc(OC)cc1. The van der Waals surface area contributed by atoms with Gasteiger partial charge in [-0.1, -0.05) is 19.1 Å². The van der Waals surface area contributed by atoms with Crippen LogP contribution in [0.3, 0.4) is 0 Å². The molecule has 0 aliphatic carbocycles. The molecule has 0 bridgehead atoms. The highest BCUT2D eigenvalue weighted by Crippen LogP contribution is 2.41. The smallest absolute Gasteiger partial charge is 0.150 e. The average Bonchev–Trinajstić information content (AvgIpc) is 3.04. The predicted molar refractivity (Wildman–Crippen MR) is 65.7 cm³/mol. The van der Waals surface area contributed by atoms with E-state index >= 15 is 0 Å². The molecular weight excluding hydrogens is 216 g/mol. The van der Waals surface area contributed by atoms with E-state index in [0.717, 1.165) is 17.9 Å². The lowest BCUT2D eigenvalue weighted by Gasteiger charge is -2.04. The molecule has 0 saturated carbocycles. The van der Waals surface area contributed by atoms with E-state index in [9.17, 15) is 4.79 Å². The van der Waals surface area contributed by atoms with Crippen molar-refractivity contribution in [3.63, 3.8) is 0 Å². The van der Waals surface area contributed by atoms with Crippen molar-refractivity contribution >= 4 is 5.78 Å². The molecule has 1 unspecified atom stereocenters. The molecule has 1 heterocycles. The standard InChI is InChI=1S/C13H18N2O2/c1-4-14-15-12(9(2)16)13(15)10-5-7-11(17-3)8-6-10/h5-8,12-14H,4H2,1-3H3/t12-,13-,15?/m1/s1. The van der Waals surface area contributed by atoms with Crippen molar-refractivity contribution in [2.45, 2.75) is 25.9 Å². The second-order valence-corrected chi connectivity index (χ2v) is 4.19. The van der Waals surface area contributed by atoms with Crippen molar-refractivity contribution < 1.29 is 9.53 Å². The number of hydrogen-bond donors (Lipinski definition) is 1. The number of ketones is 1. The van der Waals surface area contributed by atoms with Crippen molar-refractivity contribution in [2.24, 2.45) is 0 Å². The van der Waals surface area contributed by atoms with Gasteiger partial charge in [-0.15, -0.1) is 0 Å². The second-order valence-electron chi connectivity index (χ2n) is 4.19. The fourth-order valence-electron chi connectivity index (χ4n) is 2.17. The Morgan fingerprint density at radius 3 is 2.53 bits per heavy atom. The van der Waals surface area contributed by atoms with Gasteiger partial charge in [0.05, 0.1) is 13.2 Å². The summed E-state index contributed by atoms with van der Waals surface area (Å²) in [6.45, 7) is 4.50. The third-order valence-corrected chi connectivity index (χ3v) is 3.02. The highest BCUT2D eigenvalue weighted by Gasteiger charge is 2.51. The number of hydrogen-bond acceptors (Lipinski definition) is 4. The molecule has 4 nitrogen and oxygen atoms in total. The molecule has 2 rings (SSSR count). The van der Waals surface area contributed by atoms with Crippen LogP contribution in [0.5, 0.6) is 5.75 Å². The lowest BCUT2D eigenvalue weighted by molar-refractivity contribution is -0.117. The maximum absolute atomic E-state index is 11.5. The van der Waals surface area contributed by atoms with Crippen LogP contribution >= 0.6 is 0 Å². The number of carbonyl (C=O) groups excluding carboxylic acids is 1. The Morgan fingerprint density at radius 1 is 1.41 bits per heavy atom. The van der Waals surface area contributed by atoms with Crippen LogP contribution in [0.1, 0.15) is 25.5 Å². The molecule has 0 amide bonds. The number of benzene rings is 1. The van der Waals surface area contributed by atoms with Crippen molar-refractivity contribution in [3.05, 3.63) is 29.8 Å². The Kier molecular flexibility index (Phi) is 3.45. The lowest BCUT2D eigenvalue weighted by Crippen LogP contribution is -2.24. The molecule has 1 N–H and O–H groups in total. The van der Waals surface area contributed by atoms with Gasteiger partial charge in [0.1, 0.15) is 17.6 Å². The number of methoxy groups -OCH3 is 1. The number of nitrogens with zero attached hydrogens (tertiary/aromatic N) is 1. The second kappa shape index (κ2) is 4.85. The van der Waals surface area contributed by atoms with Crippen LogP contribution in [0, 0.1) is 0 Å². The molecule has 1 aliphatic heterocycles. The van der Waals surface area contributed by atoms with Crippen molar-refractivity contribution in [1.82, 2.24) is 10.4 Å². The molecule has 1 fully saturated rings. The molecule has 3 atom stereocenters. The first-order valence-corrected chi connectivity index (χ1v) is 5.85. The predicted octanol–water partition coefficient (Wildman–Crippen LogP) is 1.53. The first-order chi connectivity index (χ1) is 8.19. The third-order valence-electron chi connectivity index (χ3n) is 3.02. The zero-order valence-corrected chi connectivity index (χ0v) is 10.4. The van der Waals surface area contributed by atoms with E-state index < -0.39 is 0 Å². The van der Waals surface area contributed by atoms with Gasteiger partial charge in [-0.05, 0) is 24.6 Å². The Morgan fingerprint density at radius 2 is 2.06 bits per heavy atom. The number of hydrazine groups is 1. The summed E-state index contributed by atoms with van der Waals surface area (Å²) in [7, 11) is 1.65. The molecule has 4 heteroatoms. The quantitative estimate of drug-likeness (QED) is 0.785. The summed E-state index contributed by atoms with van der Waals surface area (Å²) < 4.78 is 5.12. The molecule has 92 valence electrons. The van der Waals surface area contributed by atoms with Crippen LogP contribution in [-0.4, -0.2) is 30.5 Å². The Bertz CT molecular complexity index is 402. The number of carbonyl (C=O) groups is 1. The summed E-state index contributed by atoms with van der Waals surface area (Å²) in [4.78, 5) is 11.5. The molecule has 0 aromatic heterocycles. The van der Waals surface area contributed by atoms with Crippen LogP contribution in [0.25, 0.3) is 0 Å². The lowest BCUT2D eigenvalue weighted by atomic mass is 10.1. The summed E-state index contributed by atoms with van der Waals surface area (Å²) in [5, 5.41) is 2.00. The first-order valence-electron chi connectivity index (χ1n) is 5.85. The van der Waals surface area contributed by atoms with Gasteiger partial charge in [-0.2, -0.15) is 0 Å². The highest BCUT2D eigenvalue weighted by molar-refractivity contribution is 5.85. The highest BCUT2D eigenvalue weighted by atomic mass is 16.5. The summed E-state index contributed by atoms with van der Waals surface area (Å²) in [6, 6.07) is 8.01. The van der Waals surface area contributed by atoms with Crippen molar-refractivity contribution in [1.29, 1.82) is 0 Å². The van der Waals surface area contributed by atoms with Crippen LogP contribution in [0.4, 0.5) is 0 Å². The average molecular weight is 234 g/mol. The molecule has 1 aromatic carbocycles. The van der Waals surface area contributed by atoms with Crippen LogP contribution in [-0.2, 0) is 4.79 Å². The van der Waals surface area contributed by atoms with Crippen molar-refractivity contribution in [3.8, 4) is 5.75 Å². The van der Waals surface area contributed by atoms with E-state index in [0.29, 0.717) is 0 Å². The molecule has 0 radical (unpaired) electrons. The Hall–Kier alpha value is -1.39. The van der Waals surface area contributed by atoms with Gasteiger partial charge < -0.3 is 4.74 Å². The molecule has 0 spiro atoms. The monoisotopic (exact) mass is 234 g/mol. The van der Waals surface area contributed by atoms with Gasteiger partial charge in [-0.3, -0.25) is 10.2 Å². The number of ether oxygens (including phenoxy) is 1. The first kappa shape index (κ1) is 12.1. The Labute approximate surface area is 102 Å². The minimum atomic E-state index is -0.0247. The molecule has 1 aromatic rings.